The monoisotopic (exact) mass is 275 g/mol. The fraction of sp³-hybridized carbons (Fsp3) is 1.00. The van der Waals surface area contributed by atoms with Gasteiger partial charge in [-0.2, -0.15) is 0 Å². The molecule has 110 valence electrons. The van der Waals surface area contributed by atoms with Crippen molar-refractivity contribution in [1.82, 2.24) is 5.32 Å². The first-order valence-corrected chi connectivity index (χ1v) is 10.2. The lowest BCUT2D eigenvalue weighted by atomic mass is 10.2. The summed E-state index contributed by atoms with van der Waals surface area (Å²) >= 11 is 0. The van der Waals surface area contributed by atoms with Gasteiger partial charge in [0.15, 0.2) is 0 Å². The molecule has 0 heterocycles. The van der Waals surface area contributed by atoms with Gasteiger partial charge in [0.2, 0.25) is 0 Å². The number of hydrogen-bond acceptors (Lipinski definition) is 3. The summed E-state index contributed by atoms with van der Waals surface area (Å²) in [6.07, 6.45) is 6.50. The summed E-state index contributed by atoms with van der Waals surface area (Å²) in [6, 6.07) is 1.09. The molecule has 18 heavy (non-hydrogen) atoms. The molecule has 0 aromatic carbocycles. The predicted molar refractivity (Wildman–Crippen MR) is 81.3 cm³/mol. The van der Waals surface area contributed by atoms with Gasteiger partial charge < -0.3 is 14.2 Å². The molecule has 3 nitrogen and oxygen atoms in total. The highest BCUT2D eigenvalue weighted by Crippen LogP contribution is 2.15. The molecule has 0 fully saturated rings. The van der Waals surface area contributed by atoms with E-state index in [9.17, 15) is 0 Å². The molecule has 4 heteroatoms. The lowest BCUT2D eigenvalue weighted by Crippen LogP contribution is -2.39. The molecule has 0 aliphatic heterocycles. The van der Waals surface area contributed by atoms with Crippen LogP contribution in [0.1, 0.15) is 52.9 Å². The van der Waals surface area contributed by atoms with Gasteiger partial charge in [-0.3, -0.25) is 0 Å². The highest BCUT2D eigenvalue weighted by atomic mass is 28.4. The van der Waals surface area contributed by atoms with Crippen LogP contribution in [-0.2, 0) is 8.85 Å². The van der Waals surface area contributed by atoms with Crippen molar-refractivity contribution >= 4 is 8.56 Å². The van der Waals surface area contributed by atoms with Crippen LogP contribution in [-0.4, -0.2) is 34.9 Å². The molecule has 0 amide bonds. The zero-order chi connectivity index (χ0) is 13.7. The molecule has 0 atom stereocenters. The third kappa shape index (κ3) is 10.1. The zero-order valence-electron chi connectivity index (χ0n) is 12.9. The third-order valence-corrected chi connectivity index (χ3v) is 6.15. The first-order chi connectivity index (χ1) is 8.68. The van der Waals surface area contributed by atoms with Gasteiger partial charge in [-0.1, -0.05) is 26.2 Å². The molecule has 0 aliphatic rings. The summed E-state index contributed by atoms with van der Waals surface area (Å²) in [5.41, 5.74) is 0. The number of unbranched alkanes of at least 4 members (excludes halogenated alkanes) is 3. The Balaban J connectivity index is 3.49. The Morgan fingerprint density at radius 3 is 2.00 bits per heavy atom. The first kappa shape index (κ1) is 18.1. The lowest BCUT2D eigenvalue weighted by molar-refractivity contribution is 0.188. The van der Waals surface area contributed by atoms with Gasteiger partial charge in [-0.05, 0) is 52.4 Å². The van der Waals surface area contributed by atoms with E-state index in [0.29, 0.717) is 0 Å². The first-order valence-electron chi connectivity index (χ1n) is 7.67. The minimum atomic E-state index is -1.87. The van der Waals surface area contributed by atoms with Gasteiger partial charge in [-0.25, -0.2) is 0 Å². The van der Waals surface area contributed by atoms with Crippen LogP contribution in [0.25, 0.3) is 0 Å². The molecule has 0 saturated carbocycles. The molecule has 0 spiro atoms. The summed E-state index contributed by atoms with van der Waals surface area (Å²) in [5, 5.41) is 3.51. The Morgan fingerprint density at radius 2 is 1.44 bits per heavy atom. The van der Waals surface area contributed by atoms with Crippen molar-refractivity contribution in [3.63, 3.8) is 0 Å². The summed E-state index contributed by atoms with van der Waals surface area (Å²) in [7, 11) is -1.87. The van der Waals surface area contributed by atoms with E-state index in [4.69, 9.17) is 8.85 Å². The van der Waals surface area contributed by atoms with Gasteiger partial charge in [0.05, 0.1) is 0 Å². The van der Waals surface area contributed by atoms with E-state index in [2.05, 4.69) is 32.6 Å². The van der Waals surface area contributed by atoms with E-state index < -0.39 is 8.56 Å². The minimum absolute atomic E-state index is 0.771. The molecule has 0 radical (unpaired) electrons. The van der Waals surface area contributed by atoms with E-state index in [1.165, 1.54) is 25.7 Å². The summed E-state index contributed by atoms with van der Waals surface area (Å²) < 4.78 is 11.6. The second-order valence-corrected chi connectivity index (χ2v) is 8.26. The Kier molecular flexibility index (Phi) is 12.2. The van der Waals surface area contributed by atoms with Crippen molar-refractivity contribution in [2.45, 2.75) is 65.5 Å². The Bertz CT molecular complexity index is 173. The van der Waals surface area contributed by atoms with Crippen molar-refractivity contribution in [2.24, 2.45) is 0 Å². The third-order valence-electron chi connectivity index (χ3n) is 3.09. The van der Waals surface area contributed by atoms with Crippen LogP contribution >= 0.6 is 0 Å². The maximum Gasteiger partial charge on any atom is 0.334 e. The van der Waals surface area contributed by atoms with E-state index in [1.807, 2.05) is 0 Å². The normalized spacial score (nSPS) is 12.0. The summed E-state index contributed by atoms with van der Waals surface area (Å²) in [5.74, 6) is 0. The van der Waals surface area contributed by atoms with Crippen LogP contribution < -0.4 is 5.32 Å². The maximum atomic E-state index is 5.82. The Morgan fingerprint density at radius 1 is 0.833 bits per heavy atom. The maximum absolute atomic E-state index is 5.82. The van der Waals surface area contributed by atoms with Crippen molar-refractivity contribution in [1.29, 1.82) is 0 Å². The highest BCUT2D eigenvalue weighted by molar-refractivity contribution is 6.66. The van der Waals surface area contributed by atoms with Gasteiger partial charge in [-0.15, -0.1) is 0 Å². The van der Waals surface area contributed by atoms with Crippen LogP contribution in [0.15, 0.2) is 0 Å². The van der Waals surface area contributed by atoms with Crippen molar-refractivity contribution in [3.05, 3.63) is 0 Å². The van der Waals surface area contributed by atoms with Crippen molar-refractivity contribution < 1.29 is 8.85 Å². The molecule has 0 aromatic heterocycles. The molecule has 0 saturated heterocycles. The highest BCUT2D eigenvalue weighted by Gasteiger charge is 2.29. The SMILES string of the molecule is CCCCCCNCCC[Si](C)(OCC)OCC. The second kappa shape index (κ2) is 12.1. The molecular weight excluding hydrogens is 242 g/mol. The van der Waals surface area contributed by atoms with Crippen LogP contribution in [0.5, 0.6) is 0 Å². The fourth-order valence-electron chi connectivity index (χ4n) is 2.13. The fourth-order valence-corrected chi connectivity index (χ4v) is 4.55. The van der Waals surface area contributed by atoms with E-state index >= 15 is 0 Å². The quantitative estimate of drug-likeness (QED) is 0.411. The van der Waals surface area contributed by atoms with E-state index in [0.717, 1.165) is 38.8 Å². The predicted octanol–water partition coefficient (Wildman–Crippen LogP) is 3.69. The van der Waals surface area contributed by atoms with Crippen LogP contribution in [0, 0.1) is 0 Å². The average Bonchev–Trinajstić information content (AvgIpc) is 2.33. The van der Waals surface area contributed by atoms with Crippen molar-refractivity contribution in [2.75, 3.05) is 26.3 Å². The standard InChI is InChI=1S/C14H33NO2Si/c1-5-8-9-10-12-15-13-11-14-18(4,16-6-2)17-7-3/h15H,5-14H2,1-4H3. The molecular formula is C14H33NO2Si. The molecule has 0 aliphatic carbocycles. The topological polar surface area (TPSA) is 30.5 Å². The van der Waals surface area contributed by atoms with E-state index in [1.54, 1.807) is 0 Å². The summed E-state index contributed by atoms with van der Waals surface area (Å²) in [4.78, 5) is 0. The van der Waals surface area contributed by atoms with Crippen LogP contribution in [0.3, 0.4) is 0 Å². The molecule has 0 bridgehead atoms. The van der Waals surface area contributed by atoms with Crippen LogP contribution in [0.4, 0.5) is 0 Å². The number of hydrogen-bond donors (Lipinski definition) is 1. The van der Waals surface area contributed by atoms with Crippen LogP contribution in [0.2, 0.25) is 12.6 Å². The zero-order valence-corrected chi connectivity index (χ0v) is 13.9. The second-order valence-electron chi connectivity index (χ2n) is 4.91. The Hall–Kier alpha value is 0.0969. The number of nitrogens with one attached hydrogen (secondary N) is 1. The molecule has 0 aromatic rings. The summed E-state index contributed by atoms with van der Waals surface area (Å²) in [6.45, 7) is 12.3. The van der Waals surface area contributed by atoms with E-state index in [-0.39, 0.29) is 0 Å². The molecule has 0 unspecified atom stereocenters. The molecule has 0 rings (SSSR count). The van der Waals surface area contributed by atoms with Gasteiger partial charge in [0, 0.05) is 13.2 Å². The smallest absolute Gasteiger partial charge is 0.334 e. The largest absolute Gasteiger partial charge is 0.395 e. The van der Waals surface area contributed by atoms with Gasteiger partial charge >= 0.3 is 8.56 Å². The average molecular weight is 276 g/mol. The van der Waals surface area contributed by atoms with Crippen molar-refractivity contribution in [3.8, 4) is 0 Å². The molecule has 1 N–H and O–H groups in total. The lowest BCUT2D eigenvalue weighted by Gasteiger charge is -2.25. The minimum Gasteiger partial charge on any atom is -0.395 e. The Labute approximate surface area is 115 Å². The van der Waals surface area contributed by atoms with Gasteiger partial charge in [0.25, 0.3) is 0 Å². The van der Waals surface area contributed by atoms with Gasteiger partial charge in [0.1, 0.15) is 0 Å². The number of rotatable bonds is 13.